The van der Waals surface area contributed by atoms with Crippen LogP contribution >= 0.6 is 11.6 Å². The highest BCUT2D eigenvalue weighted by Gasteiger charge is 2.12. The first-order valence-electron chi connectivity index (χ1n) is 6.83. The van der Waals surface area contributed by atoms with E-state index in [-0.39, 0.29) is 5.41 Å². The largest absolute Gasteiger partial charge is 0.494 e. The van der Waals surface area contributed by atoms with Crippen LogP contribution in [0.25, 0.3) is 0 Å². The molecule has 0 aliphatic heterocycles. The van der Waals surface area contributed by atoms with Crippen molar-refractivity contribution in [1.82, 2.24) is 0 Å². The van der Waals surface area contributed by atoms with Gasteiger partial charge in [0.25, 0.3) is 0 Å². The molecule has 18 heavy (non-hydrogen) atoms. The summed E-state index contributed by atoms with van der Waals surface area (Å²) < 4.78 is 5.72. The highest BCUT2D eigenvalue weighted by molar-refractivity contribution is 6.17. The molecule has 0 spiro atoms. The Labute approximate surface area is 116 Å². The lowest BCUT2D eigenvalue weighted by molar-refractivity contribution is 0.305. The topological polar surface area (TPSA) is 9.23 Å². The molecule has 0 heterocycles. The molecule has 0 saturated carbocycles. The number of hydrogen-bond donors (Lipinski definition) is 0. The van der Waals surface area contributed by atoms with Crippen LogP contribution in [0.5, 0.6) is 5.75 Å². The van der Waals surface area contributed by atoms with Crippen LogP contribution in [0.3, 0.4) is 0 Å². The second-order valence-corrected chi connectivity index (χ2v) is 6.10. The predicted molar refractivity (Wildman–Crippen MR) is 79.8 cm³/mol. The molecule has 0 amide bonds. The minimum absolute atomic E-state index is 0.208. The van der Waals surface area contributed by atoms with E-state index in [0.717, 1.165) is 31.1 Å². The third-order valence-corrected chi connectivity index (χ3v) is 3.28. The zero-order chi connectivity index (χ0) is 13.4. The molecule has 1 aromatic rings. The molecular weight excluding hydrogens is 244 g/mol. The lowest BCUT2D eigenvalue weighted by Gasteiger charge is -2.19. The number of ether oxygens (including phenoxy) is 1. The van der Waals surface area contributed by atoms with Crippen molar-refractivity contribution in [3.8, 4) is 5.75 Å². The average Bonchev–Trinajstić information content (AvgIpc) is 2.33. The van der Waals surface area contributed by atoms with Gasteiger partial charge in [-0.1, -0.05) is 45.7 Å². The second-order valence-electron chi connectivity index (χ2n) is 5.73. The van der Waals surface area contributed by atoms with Crippen LogP contribution in [-0.2, 0) is 5.41 Å². The molecule has 1 rings (SSSR count). The van der Waals surface area contributed by atoms with Gasteiger partial charge in [-0.05, 0) is 36.0 Å². The molecule has 0 aliphatic rings. The number of unbranched alkanes of at least 4 members (excludes halogenated alkanes) is 3. The van der Waals surface area contributed by atoms with Gasteiger partial charge in [0.1, 0.15) is 5.75 Å². The van der Waals surface area contributed by atoms with Gasteiger partial charge in [0, 0.05) is 5.88 Å². The Morgan fingerprint density at radius 1 is 0.944 bits per heavy atom. The Bertz CT molecular complexity index is 324. The zero-order valence-corrected chi connectivity index (χ0v) is 12.6. The fourth-order valence-corrected chi connectivity index (χ4v) is 1.98. The summed E-state index contributed by atoms with van der Waals surface area (Å²) in [4.78, 5) is 0. The standard InChI is InChI=1S/C16H25ClO/c1-16(2,3)14-8-10-15(11-9-14)18-13-7-5-4-6-12-17/h8-11H,4-7,12-13H2,1-3H3. The van der Waals surface area contributed by atoms with E-state index in [1.807, 2.05) is 0 Å². The van der Waals surface area contributed by atoms with Gasteiger partial charge in [0.05, 0.1) is 6.61 Å². The third-order valence-electron chi connectivity index (χ3n) is 3.02. The van der Waals surface area contributed by atoms with Gasteiger partial charge in [-0.15, -0.1) is 11.6 Å². The van der Waals surface area contributed by atoms with Crippen molar-refractivity contribution in [3.05, 3.63) is 29.8 Å². The number of alkyl halides is 1. The Balaban J connectivity index is 2.27. The van der Waals surface area contributed by atoms with Crippen LogP contribution < -0.4 is 4.74 Å². The van der Waals surface area contributed by atoms with Gasteiger partial charge in [0.15, 0.2) is 0 Å². The van der Waals surface area contributed by atoms with E-state index in [2.05, 4.69) is 45.0 Å². The lowest BCUT2D eigenvalue weighted by atomic mass is 9.87. The van der Waals surface area contributed by atoms with Gasteiger partial charge < -0.3 is 4.74 Å². The normalized spacial score (nSPS) is 11.6. The number of hydrogen-bond acceptors (Lipinski definition) is 1. The summed E-state index contributed by atoms with van der Waals surface area (Å²) in [5.74, 6) is 1.75. The molecule has 0 atom stereocenters. The zero-order valence-electron chi connectivity index (χ0n) is 11.8. The van der Waals surface area contributed by atoms with Crippen LogP contribution in [-0.4, -0.2) is 12.5 Å². The van der Waals surface area contributed by atoms with Crippen molar-refractivity contribution in [2.75, 3.05) is 12.5 Å². The molecule has 0 aromatic heterocycles. The van der Waals surface area contributed by atoms with Gasteiger partial charge in [-0.2, -0.15) is 0 Å². The van der Waals surface area contributed by atoms with Gasteiger partial charge in [-0.3, -0.25) is 0 Å². The molecular formula is C16H25ClO. The maximum Gasteiger partial charge on any atom is 0.119 e. The second kappa shape index (κ2) is 7.68. The van der Waals surface area contributed by atoms with E-state index in [1.54, 1.807) is 0 Å². The molecule has 2 heteroatoms. The highest BCUT2D eigenvalue weighted by Crippen LogP contribution is 2.24. The Hall–Kier alpha value is -0.690. The van der Waals surface area contributed by atoms with E-state index < -0.39 is 0 Å². The van der Waals surface area contributed by atoms with E-state index in [4.69, 9.17) is 16.3 Å². The SMILES string of the molecule is CC(C)(C)c1ccc(OCCCCCCCl)cc1. The van der Waals surface area contributed by atoms with Crippen LogP contribution in [0.1, 0.15) is 52.0 Å². The molecule has 0 unspecified atom stereocenters. The molecule has 0 aliphatic carbocycles. The first-order chi connectivity index (χ1) is 8.54. The minimum atomic E-state index is 0.208. The fourth-order valence-electron chi connectivity index (χ4n) is 1.79. The Kier molecular flexibility index (Phi) is 6.56. The number of benzene rings is 1. The van der Waals surface area contributed by atoms with E-state index in [9.17, 15) is 0 Å². The van der Waals surface area contributed by atoms with Gasteiger partial charge in [0.2, 0.25) is 0 Å². The third kappa shape index (κ3) is 5.77. The molecule has 1 aromatic carbocycles. The van der Waals surface area contributed by atoms with Crippen LogP contribution in [0.15, 0.2) is 24.3 Å². The van der Waals surface area contributed by atoms with E-state index in [0.29, 0.717) is 0 Å². The fraction of sp³-hybridized carbons (Fsp3) is 0.625. The van der Waals surface area contributed by atoms with Crippen molar-refractivity contribution in [3.63, 3.8) is 0 Å². The van der Waals surface area contributed by atoms with Gasteiger partial charge >= 0.3 is 0 Å². The first-order valence-corrected chi connectivity index (χ1v) is 7.37. The van der Waals surface area contributed by atoms with Crippen molar-refractivity contribution < 1.29 is 4.74 Å². The monoisotopic (exact) mass is 268 g/mol. The summed E-state index contributed by atoms with van der Waals surface area (Å²) in [7, 11) is 0. The molecule has 0 radical (unpaired) electrons. The minimum Gasteiger partial charge on any atom is -0.494 e. The summed E-state index contributed by atoms with van der Waals surface area (Å²) in [6.45, 7) is 7.47. The average molecular weight is 269 g/mol. The maximum absolute atomic E-state index is 5.72. The smallest absolute Gasteiger partial charge is 0.119 e. The summed E-state index contributed by atoms with van der Waals surface area (Å²) in [5, 5.41) is 0. The van der Waals surface area contributed by atoms with Crippen molar-refractivity contribution >= 4 is 11.6 Å². The van der Waals surface area contributed by atoms with E-state index in [1.165, 1.54) is 18.4 Å². The van der Waals surface area contributed by atoms with Gasteiger partial charge in [-0.25, -0.2) is 0 Å². The molecule has 102 valence electrons. The Morgan fingerprint density at radius 2 is 1.56 bits per heavy atom. The highest BCUT2D eigenvalue weighted by atomic mass is 35.5. The van der Waals surface area contributed by atoms with Crippen LogP contribution in [0, 0.1) is 0 Å². The molecule has 0 N–H and O–H groups in total. The summed E-state index contributed by atoms with van der Waals surface area (Å²) in [6.07, 6.45) is 4.63. The Morgan fingerprint density at radius 3 is 2.11 bits per heavy atom. The quantitative estimate of drug-likeness (QED) is 0.490. The maximum atomic E-state index is 5.72. The van der Waals surface area contributed by atoms with Crippen LogP contribution in [0.2, 0.25) is 0 Å². The summed E-state index contributed by atoms with van der Waals surface area (Å²) in [5.41, 5.74) is 1.55. The lowest BCUT2D eigenvalue weighted by Crippen LogP contribution is -2.10. The van der Waals surface area contributed by atoms with Crippen molar-refractivity contribution in [2.45, 2.75) is 51.9 Å². The van der Waals surface area contributed by atoms with Crippen LogP contribution in [0.4, 0.5) is 0 Å². The summed E-state index contributed by atoms with van der Waals surface area (Å²) in [6, 6.07) is 8.45. The molecule has 1 nitrogen and oxygen atoms in total. The molecule has 0 saturated heterocycles. The van der Waals surface area contributed by atoms with Crippen molar-refractivity contribution in [2.24, 2.45) is 0 Å². The van der Waals surface area contributed by atoms with Crippen molar-refractivity contribution in [1.29, 1.82) is 0 Å². The molecule has 0 fully saturated rings. The molecule has 0 bridgehead atoms. The summed E-state index contributed by atoms with van der Waals surface area (Å²) >= 11 is 5.63. The number of halogens is 1. The first kappa shape index (κ1) is 15.4. The number of rotatable bonds is 7. The van der Waals surface area contributed by atoms with E-state index >= 15 is 0 Å². The predicted octanol–water partition coefficient (Wildman–Crippen LogP) is 5.16.